The van der Waals surface area contributed by atoms with Gasteiger partial charge in [-0.25, -0.2) is 4.98 Å². The van der Waals surface area contributed by atoms with Crippen LogP contribution in [0.2, 0.25) is 0 Å². The summed E-state index contributed by atoms with van der Waals surface area (Å²) in [7, 11) is -3.58. The Morgan fingerprint density at radius 3 is 2.58 bits per heavy atom. The Labute approximate surface area is 152 Å². The average Bonchev–Trinajstić information content (AvgIpc) is 2.94. The van der Waals surface area contributed by atoms with Crippen molar-refractivity contribution >= 4 is 27.6 Å². The summed E-state index contributed by atoms with van der Waals surface area (Å²) >= 11 is 0. The molecule has 1 saturated heterocycles. The molecule has 0 bridgehead atoms. The van der Waals surface area contributed by atoms with E-state index in [4.69, 9.17) is 0 Å². The van der Waals surface area contributed by atoms with Gasteiger partial charge in [0.2, 0.25) is 5.95 Å². The Morgan fingerprint density at radius 2 is 1.81 bits per heavy atom. The molecule has 2 aromatic rings. The minimum Gasteiger partial charge on any atom is -0.370 e. The van der Waals surface area contributed by atoms with Crippen LogP contribution in [-0.2, 0) is 10.0 Å². The van der Waals surface area contributed by atoms with Gasteiger partial charge in [-0.1, -0.05) is 12.1 Å². The molecule has 3 heterocycles. The number of hydrogen-bond acceptors (Lipinski definition) is 7. The maximum Gasteiger partial charge on any atom is 0.285 e. The van der Waals surface area contributed by atoms with Crippen molar-refractivity contribution < 1.29 is 8.42 Å². The molecule has 0 radical (unpaired) electrons. The lowest BCUT2D eigenvalue weighted by atomic mass is 10.1. The minimum atomic E-state index is -3.58. The highest BCUT2D eigenvalue weighted by Crippen LogP contribution is 2.28. The molecule has 26 heavy (non-hydrogen) atoms. The number of nitrogens with one attached hydrogen (secondary N) is 1. The van der Waals surface area contributed by atoms with Gasteiger partial charge >= 0.3 is 0 Å². The number of hydrogen-bond donors (Lipinski definition) is 1. The van der Waals surface area contributed by atoms with Gasteiger partial charge in [-0.15, -0.1) is 4.40 Å². The van der Waals surface area contributed by atoms with E-state index in [1.807, 2.05) is 30.0 Å². The molecule has 0 spiro atoms. The van der Waals surface area contributed by atoms with Crippen LogP contribution in [0.15, 0.2) is 45.8 Å². The summed E-state index contributed by atoms with van der Waals surface area (Å²) in [6.45, 7) is 5.56. The van der Waals surface area contributed by atoms with Crippen molar-refractivity contribution in [3.05, 3.63) is 42.1 Å². The van der Waals surface area contributed by atoms with Gasteiger partial charge < -0.3 is 15.1 Å². The van der Waals surface area contributed by atoms with Gasteiger partial charge in [0.25, 0.3) is 10.0 Å². The molecule has 8 nitrogen and oxygen atoms in total. The fourth-order valence-corrected chi connectivity index (χ4v) is 4.44. The normalized spacial score (nSPS) is 18.4. The second kappa shape index (κ2) is 6.56. The predicted molar refractivity (Wildman–Crippen MR) is 100 cm³/mol. The maximum atomic E-state index is 12.2. The quantitative estimate of drug-likeness (QED) is 0.865. The summed E-state index contributed by atoms with van der Waals surface area (Å²) in [5, 5.41) is 3.19. The summed E-state index contributed by atoms with van der Waals surface area (Å²) < 4.78 is 28.5. The number of benzene rings is 1. The van der Waals surface area contributed by atoms with Crippen LogP contribution in [0.3, 0.4) is 0 Å². The number of rotatable bonds is 3. The molecule has 2 aliphatic heterocycles. The van der Waals surface area contributed by atoms with Gasteiger partial charge in [-0.05, 0) is 25.1 Å². The molecule has 9 heteroatoms. The van der Waals surface area contributed by atoms with Crippen LogP contribution >= 0.6 is 0 Å². The number of nitrogens with zero attached hydrogens (tertiary/aromatic N) is 5. The zero-order valence-electron chi connectivity index (χ0n) is 14.5. The van der Waals surface area contributed by atoms with E-state index in [-0.39, 0.29) is 0 Å². The van der Waals surface area contributed by atoms with E-state index in [9.17, 15) is 8.42 Å². The van der Waals surface area contributed by atoms with Crippen LogP contribution in [0, 0.1) is 0 Å². The molecular formula is C17H20N6O2S. The third kappa shape index (κ3) is 2.98. The van der Waals surface area contributed by atoms with Crippen LogP contribution in [0.4, 0.5) is 11.8 Å². The summed E-state index contributed by atoms with van der Waals surface area (Å²) in [4.78, 5) is 13.3. The van der Waals surface area contributed by atoms with Crippen molar-refractivity contribution in [2.75, 3.05) is 42.9 Å². The topological polar surface area (TPSA) is 90.8 Å². The Balaban J connectivity index is 1.50. The number of aromatic nitrogens is 2. The van der Waals surface area contributed by atoms with E-state index < -0.39 is 10.0 Å². The van der Waals surface area contributed by atoms with Crippen molar-refractivity contribution in [2.45, 2.75) is 11.8 Å². The predicted octanol–water partition coefficient (Wildman–Crippen LogP) is 1.18. The van der Waals surface area contributed by atoms with Gasteiger partial charge in [-0.2, -0.15) is 13.4 Å². The molecule has 1 N–H and O–H groups in total. The van der Waals surface area contributed by atoms with E-state index >= 15 is 0 Å². The van der Waals surface area contributed by atoms with Crippen LogP contribution < -0.4 is 10.2 Å². The molecule has 0 saturated carbocycles. The zero-order valence-corrected chi connectivity index (χ0v) is 15.3. The number of sulfonamides is 1. The average molecular weight is 372 g/mol. The van der Waals surface area contributed by atoms with Crippen molar-refractivity contribution in [3.8, 4) is 0 Å². The van der Waals surface area contributed by atoms with Gasteiger partial charge in [0.1, 0.15) is 10.7 Å². The lowest BCUT2D eigenvalue weighted by Crippen LogP contribution is -2.49. The molecule has 1 aromatic carbocycles. The number of piperazine rings is 1. The number of amidine groups is 1. The fourth-order valence-electron chi connectivity index (χ4n) is 3.22. The van der Waals surface area contributed by atoms with Crippen LogP contribution in [-0.4, -0.2) is 61.8 Å². The van der Waals surface area contributed by atoms with Gasteiger partial charge in [0.05, 0.1) is 0 Å². The molecule has 0 unspecified atom stereocenters. The minimum absolute atomic E-state index is 0.291. The third-order valence-corrected chi connectivity index (χ3v) is 5.80. The monoisotopic (exact) mass is 372 g/mol. The summed E-state index contributed by atoms with van der Waals surface area (Å²) in [6.07, 6.45) is 1.75. The highest BCUT2D eigenvalue weighted by atomic mass is 32.2. The zero-order chi connectivity index (χ0) is 18.1. The molecule has 1 aromatic heterocycles. The first-order valence-electron chi connectivity index (χ1n) is 8.59. The highest BCUT2D eigenvalue weighted by molar-refractivity contribution is 7.90. The lowest BCUT2D eigenvalue weighted by molar-refractivity contribution is 0.384. The van der Waals surface area contributed by atoms with E-state index in [0.29, 0.717) is 48.4 Å². The molecule has 0 aliphatic carbocycles. The van der Waals surface area contributed by atoms with Crippen LogP contribution in [0.5, 0.6) is 0 Å². The first kappa shape index (κ1) is 16.8. The van der Waals surface area contributed by atoms with Crippen LogP contribution in [0.25, 0.3) is 0 Å². The number of fused-ring (bicyclic) bond motifs is 1. The smallest absolute Gasteiger partial charge is 0.285 e. The molecule has 1 fully saturated rings. The fraction of sp³-hybridized carbons (Fsp3) is 0.353. The molecule has 136 valence electrons. The summed E-state index contributed by atoms with van der Waals surface area (Å²) in [6, 6.07) is 8.83. The van der Waals surface area contributed by atoms with Crippen molar-refractivity contribution in [1.29, 1.82) is 0 Å². The maximum absolute atomic E-state index is 12.2. The van der Waals surface area contributed by atoms with E-state index in [1.54, 1.807) is 18.3 Å². The SMILES string of the molecule is CCNc1ccnc(N2CCN(C3=NS(=O)(=O)c4ccccc43)CC2)n1. The second-order valence-corrected chi connectivity index (χ2v) is 7.70. The standard InChI is InChI=1S/C17H20N6O2S/c1-2-18-15-7-8-19-17(20-15)23-11-9-22(10-12-23)16-13-5-3-4-6-14(13)26(24,25)21-16/h3-8H,2,9-12H2,1H3,(H,18,19,20). The largest absolute Gasteiger partial charge is 0.370 e. The Kier molecular flexibility index (Phi) is 4.23. The second-order valence-electron chi connectivity index (χ2n) is 6.13. The molecule has 0 atom stereocenters. The highest BCUT2D eigenvalue weighted by Gasteiger charge is 2.33. The third-order valence-electron chi connectivity index (χ3n) is 4.48. The molecule has 4 rings (SSSR count). The first-order chi connectivity index (χ1) is 12.6. The molecule has 0 amide bonds. The van der Waals surface area contributed by atoms with E-state index in [2.05, 4.69) is 24.6 Å². The van der Waals surface area contributed by atoms with Gasteiger partial charge in [0.15, 0.2) is 5.84 Å². The van der Waals surface area contributed by atoms with Crippen molar-refractivity contribution in [3.63, 3.8) is 0 Å². The summed E-state index contributed by atoms with van der Waals surface area (Å²) in [5.74, 6) is 2.03. The Morgan fingerprint density at radius 1 is 1.08 bits per heavy atom. The Hall–Kier alpha value is -2.68. The van der Waals surface area contributed by atoms with Crippen molar-refractivity contribution in [2.24, 2.45) is 4.40 Å². The first-order valence-corrected chi connectivity index (χ1v) is 10.0. The van der Waals surface area contributed by atoms with E-state index in [0.717, 1.165) is 12.4 Å². The molecular weight excluding hydrogens is 352 g/mol. The van der Waals surface area contributed by atoms with E-state index in [1.165, 1.54) is 0 Å². The lowest BCUT2D eigenvalue weighted by Gasteiger charge is -2.35. The molecule has 2 aliphatic rings. The number of anilines is 2. The van der Waals surface area contributed by atoms with Crippen LogP contribution in [0.1, 0.15) is 12.5 Å². The van der Waals surface area contributed by atoms with Gasteiger partial charge in [-0.3, -0.25) is 0 Å². The summed E-state index contributed by atoms with van der Waals surface area (Å²) in [5.41, 5.74) is 0.686. The van der Waals surface area contributed by atoms with Crippen molar-refractivity contribution in [1.82, 2.24) is 14.9 Å². The van der Waals surface area contributed by atoms with Gasteiger partial charge in [0, 0.05) is 44.5 Å². The Bertz CT molecular complexity index is 951.